The zero-order valence-corrected chi connectivity index (χ0v) is 13.9. The second kappa shape index (κ2) is 6.86. The van der Waals surface area contributed by atoms with E-state index in [2.05, 4.69) is 10.5 Å². The molecule has 0 saturated carbocycles. The van der Waals surface area contributed by atoms with Gasteiger partial charge in [0.05, 0.1) is 0 Å². The first-order chi connectivity index (χ1) is 11.5. The molecule has 0 spiro atoms. The molecule has 6 heteroatoms. The normalized spacial score (nSPS) is 15.3. The van der Waals surface area contributed by atoms with Crippen LogP contribution in [0.4, 0.5) is 0 Å². The molecule has 24 heavy (non-hydrogen) atoms. The van der Waals surface area contributed by atoms with Crippen LogP contribution in [0, 0.1) is 13.8 Å². The zero-order chi connectivity index (χ0) is 17.1. The van der Waals surface area contributed by atoms with Crippen molar-refractivity contribution < 1.29 is 14.1 Å². The first-order valence-corrected chi connectivity index (χ1v) is 8.13. The van der Waals surface area contributed by atoms with Gasteiger partial charge < -0.3 is 14.7 Å². The second-order valence-corrected chi connectivity index (χ2v) is 6.23. The van der Waals surface area contributed by atoms with Gasteiger partial charge in [0.1, 0.15) is 5.76 Å². The van der Waals surface area contributed by atoms with Crippen LogP contribution in [0.5, 0.6) is 0 Å². The van der Waals surface area contributed by atoms with Gasteiger partial charge in [-0.3, -0.25) is 9.59 Å². The summed E-state index contributed by atoms with van der Waals surface area (Å²) >= 11 is 0. The number of carbonyl (C=O) groups excluding carboxylic acids is 2. The van der Waals surface area contributed by atoms with Crippen molar-refractivity contribution in [3.05, 3.63) is 52.9 Å². The molecule has 0 aliphatic carbocycles. The van der Waals surface area contributed by atoms with Gasteiger partial charge in [-0.1, -0.05) is 22.9 Å². The van der Waals surface area contributed by atoms with E-state index in [-0.39, 0.29) is 17.9 Å². The number of amides is 2. The van der Waals surface area contributed by atoms with E-state index >= 15 is 0 Å². The smallest absolute Gasteiger partial charge is 0.276 e. The number of nitrogens with zero attached hydrogens (tertiary/aromatic N) is 2. The Balaban J connectivity index is 1.53. The highest BCUT2D eigenvalue weighted by Gasteiger charge is 2.26. The maximum atomic E-state index is 12.3. The van der Waals surface area contributed by atoms with E-state index in [0.717, 1.165) is 18.4 Å². The number of likely N-dealkylation sites (tertiary alicyclic amines) is 1. The molecule has 1 aromatic heterocycles. The van der Waals surface area contributed by atoms with Crippen LogP contribution < -0.4 is 5.32 Å². The molecule has 1 saturated heterocycles. The fourth-order valence-corrected chi connectivity index (χ4v) is 2.91. The number of benzene rings is 1. The highest BCUT2D eigenvalue weighted by atomic mass is 16.5. The Kier molecular flexibility index (Phi) is 4.64. The molecule has 0 unspecified atom stereocenters. The minimum absolute atomic E-state index is 0.0596. The number of hydrogen-bond donors (Lipinski definition) is 1. The SMILES string of the molecule is Cc1cccc(C(=O)NC2CCN(C(=O)c3cc(C)on3)CC2)c1. The molecule has 1 aliphatic heterocycles. The number of nitrogens with one attached hydrogen (secondary N) is 1. The minimum atomic E-state index is -0.115. The highest BCUT2D eigenvalue weighted by Crippen LogP contribution is 2.15. The van der Waals surface area contributed by atoms with Gasteiger partial charge in [0.15, 0.2) is 5.69 Å². The van der Waals surface area contributed by atoms with Gasteiger partial charge in [-0.15, -0.1) is 0 Å². The Labute approximate surface area is 140 Å². The van der Waals surface area contributed by atoms with Crippen molar-refractivity contribution >= 4 is 11.8 Å². The van der Waals surface area contributed by atoms with Crippen molar-refractivity contribution in [1.82, 2.24) is 15.4 Å². The molecule has 0 radical (unpaired) electrons. The van der Waals surface area contributed by atoms with Gasteiger partial charge in [-0.25, -0.2) is 0 Å². The summed E-state index contributed by atoms with van der Waals surface area (Å²) in [5.74, 6) is 0.449. The molecule has 1 aliphatic rings. The third-order valence-electron chi connectivity index (χ3n) is 4.24. The van der Waals surface area contributed by atoms with Gasteiger partial charge in [-0.2, -0.15) is 0 Å². The van der Waals surface area contributed by atoms with Crippen molar-refractivity contribution in [2.24, 2.45) is 0 Å². The quantitative estimate of drug-likeness (QED) is 0.939. The van der Waals surface area contributed by atoms with Crippen LogP contribution in [-0.2, 0) is 0 Å². The summed E-state index contributed by atoms with van der Waals surface area (Å²) in [6.45, 7) is 4.93. The molecule has 6 nitrogen and oxygen atoms in total. The van der Waals surface area contributed by atoms with E-state index in [1.165, 1.54) is 0 Å². The van der Waals surface area contributed by atoms with Gasteiger partial charge in [0, 0.05) is 30.8 Å². The lowest BCUT2D eigenvalue weighted by molar-refractivity contribution is 0.0688. The molecule has 2 heterocycles. The predicted molar refractivity (Wildman–Crippen MR) is 88.8 cm³/mol. The first kappa shape index (κ1) is 16.2. The van der Waals surface area contributed by atoms with E-state index in [1.54, 1.807) is 17.9 Å². The molecule has 2 aromatic rings. The molecule has 1 fully saturated rings. The van der Waals surface area contributed by atoms with E-state index in [9.17, 15) is 9.59 Å². The summed E-state index contributed by atoms with van der Waals surface area (Å²) in [5, 5.41) is 6.82. The summed E-state index contributed by atoms with van der Waals surface area (Å²) in [6.07, 6.45) is 1.47. The van der Waals surface area contributed by atoms with Crippen LogP contribution in [-0.4, -0.2) is 41.0 Å². The number of rotatable bonds is 3. The molecule has 2 amide bonds. The summed E-state index contributed by atoms with van der Waals surface area (Å²) in [4.78, 5) is 26.4. The molecule has 126 valence electrons. The van der Waals surface area contributed by atoms with Gasteiger partial charge >= 0.3 is 0 Å². The van der Waals surface area contributed by atoms with Crippen LogP contribution >= 0.6 is 0 Å². The predicted octanol–water partition coefficient (Wildman–Crippen LogP) is 2.33. The second-order valence-electron chi connectivity index (χ2n) is 6.23. The average molecular weight is 327 g/mol. The number of aromatic nitrogens is 1. The van der Waals surface area contributed by atoms with Crippen LogP contribution in [0.15, 0.2) is 34.9 Å². The maximum Gasteiger partial charge on any atom is 0.276 e. The highest BCUT2D eigenvalue weighted by molar-refractivity contribution is 5.94. The summed E-state index contributed by atoms with van der Waals surface area (Å²) in [6, 6.07) is 9.27. The fourth-order valence-electron chi connectivity index (χ4n) is 2.91. The number of piperidine rings is 1. The lowest BCUT2D eigenvalue weighted by atomic mass is 10.0. The molecule has 1 aromatic carbocycles. The van der Waals surface area contributed by atoms with Gasteiger partial charge in [-0.05, 0) is 38.8 Å². The topological polar surface area (TPSA) is 75.4 Å². The molecule has 1 N–H and O–H groups in total. The van der Waals surface area contributed by atoms with E-state index in [0.29, 0.717) is 30.1 Å². The van der Waals surface area contributed by atoms with Gasteiger partial charge in [0.25, 0.3) is 11.8 Å². The molecule has 0 bridgehead atoms. The van der Waals surface area contributed by atoms with Crippen LogP contribution in [0.3, 0.4) is 0 Å². The fraction of sp³-hybridized carbons (Fsp3) is 0.389. The molecule has 0 atom stereocenters. The first-order valence-electron chi connectivity index (χ1n) is 8.13. The Morgan fingerprint density at radius 1 is 1.21 bits per heavy atom. The molecular weight excluding hydrogens is 306 g/mol. The van der Waals surface area contributed by atoms with E-state index < -0.39 is 0 Å². The number of aryl methyl sites for hydroxylation is 2. The summed E-state index contributed by atoms with van der Waals surface area (Å²) in [5.41, 5.74) is 2.08. The van der Waals surface area contributed by atoms with Crippen molar-refractivity contribution in [3.8, 4) is 0 Å². The maximum absolute atomic E-state index is 12.3. The lowest BCUT2D eigenvalue weighted by Gasteiger charge is -2.31. The van der Waals surface area contributed by atoms with Crippen molar-refractivity contribution in [2.75, 3.05) is 13.1 Å². The summed E-state index contributed by atoms with van der Waals surface area (Å²) < 4.78 is 4.95. The van der Waals surface area contributed by atoms with Crippen molar-refractivity contribution in [3.63, 3.8) is 0 Å². The lowest BCUT2D eigenvalue weighted by Crippen LogP contribution is -2.46. The Bertz CT molecular complexity index is 745. The number of carbonyl (C=O) groups is 2. The average Bonchev–Trinajstić information content (AvgIpc) is 3.01. The molecule has 3 rings (SSSR count). The largest absolute Gasteiger partial charge is 0.361 e. The third kappa shape index (κ3) is 3.64. The Morgan fingerprint density at radius 3 is 2.58 bits per heavy atom. The summed E-state index contributed by atoms with van der Waals surface area (Å²) in [7, 11) is 0. The van der Waals surface area contributed by atoms with Crippen LogP contribution in [0.25, 0.3) is 0 Å². The van der Waals surface area contributed by atoms with Crippen molar-refractivity contribution in [2.45, 2.75) is 32.7 Å². The van der Waals surface area contributed by atoms with Crippen LogP contribution in [0.1, 0.15) is 45.0 Å². The van der Waals surface area contributed by atoms with Crippen molar-refractivity contribution in [1.29, 1.82) is 0 Å². The third-order valence-corrected chi connectivity index (χ3v) is 4.24. The van der Waals surface area contributed by atoms with Gasteiger partial charge in [0.2, 0.25) is 0 Å². The number of hydrogen-bond acceptors (Lipinski definition) is 4. The zero-order valence-electron chi connectivity index (χ0n) is 13.9. The molecular formula is C18H21N3O3. The Morgan fingerprint density at radius 2 is 1.96 bits per heavy atom. The van der Waals surface area contributed by atoms with E-state index in [4.69, 9.17) is 4.52 Å². The monoisotopic (exact) mass is 327 g/mol. The van der Waals surface area contributed by atoms with E-state index in [1.807, 2.05) is 31.2 Å². The minimum Gasteiger partial charge on any atom is -0.361 e. The van der Waals surface area contributed by atoms with Crippen LogP contribution in [0.2, 0.25) is 0 Å². The Hall–Kier alpha value is -2.63. The standard InChI is InChI=1S/C18H21N3O3/c1-12-4-3-5-14(10-12)17(22)19-15-6-8-21(9-7-15)18(23)16-11-13(2)24-20-16/h3-5,10-11,15H,6-9H2,1-2H3,(H,19,22).